The van der Waals surface area contributed by atoms with Crippen molar-refractivity contribution in [3.8, 4) is 0 Å². The normalized spacial score (nSPS) is 12.0. The van der Waals surface area contributed by atoms with Crippen LogP contribution in [0.3, 0.4) is 0 Å². The Kier molecular flexibility index (Phi) is 5.95. The maximum Gasteiger partial charge on any atom is 0.401 e. The molecule has 0 rings (SSSR count). The summed E-state index contributed by atoms with van der Waals surface area (Å²) in [5.41, 5.74) is 0. The molecular formula is C6H11BrF3N. The van der Waals surface area contributed by atoms with Crippen molar-refractivity contribution >= 4 is 15.9 Å². The molecule has 0 bridgehead atoms. The predicted molar refractivity (Wildman–Crippen MR) is 42.0 cm³/mol. The van der Waals surface area contributed by atoms with Crippen molar-refractivity contribution in [2.24, 2.45) is 0 Å². The van der Waals surface area contributed by atoms with E-state index >= 15 is 0 Å². The second-order valence-corrected chi connectivity index (χ2v) is 2.98. The average molecular weight is 234 g/mol. The summed E-state index contributed by atoms with van der Waals surface area (Å²) < 4.78 is 34.5. The van der Waals surface area contributed by atoms with Crippen molar-refractivity contribution in [1.29, 1.82) is 0 Å². The van der Waals surface area contributed by atoms with Crippen LogP contribution in [0.25, 0.3) is 0 Å². The first-order chi connectivity index (χ1) is 5.06. The van der Waals surface area contributed by atoms with Gasteiger partial charge in [-0.15, -0.1) is 0 Å². The Morgan fingerprint density at radius 2 is 1.82 bits per heavy atom. The lowest BCUT2D eigenvalue weighted by molar-refractivity contribution is -0.124. The molecule has 0 aromatic heterocycles. The summed E-state index contributed by atoms with van der Waals surface area (Å²) in [6.45, 7) is -0.444. The fraction of sp³-hybridized carbons (Fsp3) is 1.00. The minimum Gasteiger partial charge on any atom is -0.309 e. The first kappa shape index (κ1) is 11.2. The topological polar surface area (TPSA) is 12.0 Å². The fourth-order valence-electron chi connectivity index (χ4n) is 0.575. The third-order valence-electron chi connectivity index (χ3n) is 1.06. The second-order valence-electron chi connectivity index (χ2n) is 2.19. The minimum absolute atomic E-state index is 0.436. The highest BCUT2D eigenvalue weighted by Gasteiger charge is 2.25. The molecule has 0 fully saturated rings. The largest absolute Gasteiger partial charge is 0.401 e. The number of rotatable bonds is 5. The van der Waals surface area contributed by atoms with Gasteiger partial charge in [-0.05, 0) is 19.4 Å². The molecule has 0 aliphatic heterocycles. The van der Waals surface area contributed by atoms with Crippen LogP contribution in [0, 0.1) is 0 Å². The van der Waals surface area contributed by atoms with E-state index in [-0.39, 0.29) is 0 Å². The highest BCUT2D eigenvalue weighted by molar-refractivity contribution is 9.09. The molecular weight excluding hydrogens is 223 g/mol. The van der Waals surface area contributed by atoms with E-state index in [0.717, 1.165) is 18.2 Å². The van der Waals surface area contributed by atoms with Gasteiger partial charge in [-0.3, -0.25) is 0 Å². The SMILES string of the molecule is FC(F)(F)CNCCCCBr. The van der Waals surface area contributed by atoms with Gasteiger partial charge >= 0.3 is 6.18 Å². The lowest BCUT2D eigenvalue weighted by Gasteiger charge is -2.06. The van der Waals surface area contributed by atoms with E-state index in [4.69, 9.17) is 0 Å². The molecule has 0 aromatic rings. The number of hydrogen-bond donors (Lipinski definition) is 1. The zero-order chi connectivity index (χ0) is 8.74. The lowest BCUT2D eigenvalue weighted by atomic mass is 10.3. The molecule has 0 saturated heterocycles. The maximum absolute atomic E-state index is 11.5. The van der Waals surface area contributed by atoms with E-state index in [0.29, 0.717) is 6.54 Å². The first-order valence-electron chi connectivity index (χ1n) is 3.39. The summed E-state index contributed by atoms with van der Waals surface area (Å²) in [6.07, 6.45) is -2.39. The van der Waals surface area contributed by atoms with Gasteiger partial charge in [0.1, 0.15) is 0 Å². The second kappa shape index (κ2) is 5.83. The van der Waals surface area contributed by atoms with Crippen LogP contribution in [0.2, 0.25) is 0 Å². The van der Waals surface area contributed by atoms with Gasteiger partial charge in [-0.1, -0.05) is 15.9 Å². The van der Waals surface area contributed by atoms with Crippen molar-refractivity contribution in [2.75, 3.05) is 18.4 Å². The number of unbranched alkanes of at least 4 members (excludes halogenated alkanes) is 1. The quantitative estimate of drug-likeness (QED) is 0.568. The summed E-state index contributed by atoms with van der Waals surface area (Å²) in [7, 11) is 0. The highest BCUT2D eigenvalue weighted by Crippen LogP contribution is 2.11. The Labute approximate surface area is 72.5 Å². The highest BCUT2D eigenvalue weighted by atomic mass is 79.9. The van der Waals surface area contributed by atoms with Crippen LogP contribution < -0.4 is 5.32 Å². The summed E-state index contributed by atoms with van der Waals surface area (Å²) in [4.78, 5) is 0. The maximum atomic E-state index is 11.5. The summed E-state index contributed by atoms with van der Waals surface area (Å²) in [6, 6.07) is 0. The van der Waals surface area contributed by atoms with E-state index in [1.165, 1.54) is 0 Å². The van der Waals surface area contributed by atoms with E-state index in [1.54, 1.807) is 0 Å². The van der Waals surface area contributed by atoms with E-state index < -0.39 is 12.7 Å². The van der Waals surface area contributed by atoms with Crippen LogP contribution in [0.1, 0.15) is 12.8 Å². The molecule has 0 saturated carbocycles. The van der Waals surface area contributed by atoms with E-state index in [9.17, 15) is 13.2 Å². The fourth-order valence-corrected chi connectivity index (χ4v) is 0.971. The molecule has 0 heterocycles. The number of nitrogens with one attached hydrogen (secondary N) is 1. The Morgan fingerprint density at radius 1 is 1.18 bits per heavy atom. The molecule has 1 N–H and O–H groups in total. The standard InChI is InChI=1S/C6H11BrF3N/c7-3-1-2-4-11-5-6(8,9)10/h11H,1-5H2. The lowest BCUT2D eigenvalue weighted by Crippen LogP contribution is -2.29. The molecule has 0 radical (unpaired) electrons. The molecule has 11 heavy (non-hydrogen) atoms. The third kappa shape index (κ3) is 10.2. The Hall–Kier alpha value is 0.230. The van der Waals surface area contributed by atoms with Crippen molar-refractivity contribution in [1.82, 2.24) is 5.32 Å². The van der Waals surface area contributed by atoms with Crippen LogP contribution in [-0.4, -0.2) is 24.6 Å². The zero-order valence-corrected chi connectivity index (χ0v) is 7.63. The number of halogens is 4. The number of hydrogen-bond acceptors (Lipinski definition) is 1. The van der Waals surface area contributed by atoms with Gasteiger partial charge in [0, 0.05) is 5.33 Å². The molecule has 5 heteroatoms. The van der Waals surface area contributed by atoms with Crippen LogP contribution in [-0.2, 0) is 0 Å². The monoisotopic (exact) mass is 233 g/mol. The van der Waals surface area contributed by atoms with Crippen molar-refractivity contribution in [3.05, 3.63) is 0 Å². The number of alkyl halides is 4. The van der Waals surface area contributed by atoms with Crippen molar-refractivity contribution in [3.63, 3.8) is 0 Å². The molecule has 0 spiro atoms. The van der Waals surface area contributed by atoms with Gasteiger partial charge in [0.05, 0.1) is 6.54 Å². The molecule has 1 nitrogen and oxygen atoms in total. The predicted octanol–water partition coefficient (Wildman–Crippen LogP) is 2.31. The average Bonchev–Trinajstić information content (AvgIpc) is 1.85. The van der Waals surface area contributed by atoms with Crippen LogP contribution in [0.15, 0.2) is 0 Å². The van der Waals surface area contributed by atoms with E-state index in [1.807, 2.05) is 0 Å². The smallest absolute Gasteiger partial charge is 0.309 e. The minimum atomic E-state index is -4.07. The Morgan fingerprint density at radius 3 is 2.27 bits per heavy atom. The van der Waals surface area contributed by atoms with E-state index in [2.05, 4.69) is 21.2 Å². The zero-order valence-electron chi connectivity index (χ0n) is 6.05. The van der Waals surface area contributed by atoms with Gasteiger partial charge in [0.2, 0.25) is 0 Å². The van der Waals surface area contributed by atoms with Crippen LogP contribution in [0.4, 0.5) is 13.2 Å². The molecule has 68 valence electrons. The Bertz CT molecular complexity index is 94.3. The summed E-state index contributed by atoms with van der Waals surface area (Å²) in [5, 5.41) is 3.16. The first-order valence-corrected chi connectivity index (χ1v) is 4.52. The molecule has 0 amide bonds. The molecule has 0 aliphatic rings. The van der Waals surface area contributed by atoms with Gasteiger partial charge in [0.15, 0.2) is 0 Å². The molecule has 0 aliphatic carbocycles. The van der Waals surface area contributed by atoms with Crippen molar-refractivity contribution in [2.45, 2.75) is 19.0 Å². The van der Waals surface area contributed by atoms with Gasteiger partial charge in [0.25, 0.3) is 0 Å². The summed E-state index contributed by atoms with van der Waals surface area (Å²) in [5.74, 6) is 0. The third-order valence-corrected chi connectivity index (χ3v) is 1.62. The van der Waals surface area contributed by atoms with Gasteiger partial charge < -0.3 is 5.32 Å². The molecule has 0 unspecified atom stereocenters. The van der Waals surface area contributed by atoms with Crippen molar-refractivity contribution < 1.29 is 13.2 Å². The molecule has 0 aromatic carbocycles. The van der Waals surface area contributed by atoms with Crippen LogP contribution >= 0.6 is 15.9 Å². The Balaban J connectivity index is 3.02. The van der Waals surface area contributed by atoms with Crippen LogP contribution in [0.5, 0.6) is 0 Å². The summed E-state index contributed by atoms with van der Waals surface area (Å²) >= 11 is 3.19. The van der Waals surface area contributed by atoms with Gasteiger partial charge in [-0.2, -0.15) is 13.2 Å². The van der Waals surface area contributed by atoms with Gasteiger partial charge in [-0.25, -0.2) is 0 Å². The molecule has 0 atom stereocenters.